The van der Waals surface area contributed by atoms with E-state index in [2.05, 4.69) is 34.0 Å². The molecule has 0 aliphatic heterocycles. The normalized spacial score (nSPS) is 12.5. The van der Waals surface area contributed by atoms with Crippen LogP contribution in [0.25, 0.3) is 0 Å². The molecule has 0 fully saturated rings. The fraction of sp³-hybridized carbons (Fsp3) is 0.667. The van der Waals surface area contributed by atoms with E-state index in [-0.39, 0.29) is 0 Å². The molecule has 1 N–H and O–H groups in total. The first-order valence-electron chi connectivity index (χ1n) is 5.99. The van der Waals surface area contributed by atoms with E-state index >= 15 is 0 Å². The third-order valence-electron chi connectivity index (χ3n) is 2.41. The van der Waals surface area contributed by atoms with Crippen molar-refractivity contribution in [1.82, 2.24) is 14.9 Å². The maximum Gasteiger partial charge on any atom is 0.226 e. The summed E-state index contributed by atoms with van der Waals surface area (Å²) in [6, 6.07) is 2.14. The zero-order chi connectivity index (χ0) is 12.7. The Morgan fingerprint density at radius 3 is 2.88 bits per heavy atom. The summed E-state index contributed by atoms with van der Waals surface area (Å²) < 4.78 is 5.54. The highest BCUT2D eigenvalue weighted by Gasteiger charge is 2.03. The van der Waals surface area contributed by atoms with Crippen LogP contribution >= 0.6 is 0 Å². The summed E-state index contributed by atoms with van der Waals surface area (Å²) in [4.78, 5) is 10.5. The average molecular weight is 238 g/mol. The van der Waals surface area contributed by atoms with Gasteiger partial charge in [0.1, 0.15) is 6.61 Å². The van der Waals surface area contributed by atoms with Gasteiger partial charge in [0.2, 0.25) is 11.8 Å². The minimum absolute atomic E-state index is 0.368. The molecule has 1 aromatic rings. The van der Waals surface area contributed by atoms with Crippen LogP contribution in [0.15, 0.2) is 12.3 Å². The van der Waals surface area contributed by atoms with Crippen LogP contribution in [-0.4, -0.2) is 48.2 Å². The van der Waals surface area contributed by atoms with Crippen molar-refractivity contribution in [2.24, 2.45) is 0 Å². The molecule has 1 heterocycles. The molecule has 0 aliphatic carbocycles. The molecule has 1 rings (SSSR count). The van der Waals surface area contributed by atoms with Crippen LogP contribution in [0.2, 0.25) is 0 Å². The molecule has 0 amide bonds. The van der Waals surface area contributed by atoms with Gasteiger partial charge in [-0.2, -0.15) is 4.98 Å². The van der Waals surface area contributed by atoms with Crippen molar-refractivity contribution in [1.29, 1.82) is 0 Å². The van der Waals surface area contributed by atoms with E-state index in [1.165, 1.54) is 0 Å². The molecule has 96 valence electrons. The number of hydrogen-bond acceptors (Lipinski definition) is 5. The van der Waals surface area contributed by atoms with E-state index in [9.17, 15) is 0 Å². The number of aromatic nitrogens is 2. The van der Waals surface area contributed by atoms with E-state index in [1.54, 1.807) is 12.3 Å². The van der Waals surface area contributed by atoms with E-state index < -0.39 is 0 Å². The van der Waals surface area contributed by atoms with Crippen LogP contribution in [-0.2, 0) is 0 Å². The molecule has 0 saturated carbocycles. The summed E-state index contributed by atoms with van der Waals surface area (Å²) in [5.74, 6) is 1.24. The van der Waals surface area contributed by atoms with Crippen molar-refractivity contribution in [3.05, 3.63) is 12.3 Å². The van der Waals surface area contributed by atoms with Gasteiger partial charge in [0, 0.05) is 24.8 Å². The fourth-order valence-electron chi connectivity index (χ4n) is 1.15. The van der Waals surface area contributed by atoms with Crippen LogP contribution in [0.4, 0.5) is 5.95 Å². The molecule has 0 radical (unpaired) electrons. The summed E-state index contributed by atoms with van der Waals surface area (Å²) in [5, 5.41) is 3.22. The average Bonchev–Trinajstić information content (AvgIpc) is 2.29. The lowest BCUT2D eigenvalue weighted by Crippen LogP contribution is -2.20. The smallest absolute Gasteiger partial charge is 0.226 e. The Hall–Kier alpha value is -1.36. The zero-order valence-electron chi connectivity index (χ0n) is 11.1. The van der Waals surface area contributed by atoms with Gasteiger partial charge in [-0.25, -0.2) is 4.98 Å². The highest BCUT2D eigenvalue weighted by Crippen LogP contribution is 2.09. The van der Waals surface area contributed by atoms with Gasteiger partial charge in [-0.1, -0.05) is 6.92 Å². The Balaban J connectivity index is 2.48. The second kappa shape index (κ2) is 7.06. The Bertz CT molecular complexity index is 330. The molecule has 1 atom stereocenters. The predicted molar refractivity (Wildman–Crippen MR) is 69.5 cm³/mol. The molecule has 0 saturated heterocycles. The first-order valence-corrected chi connectivity index (χ1v) is 5.99. The van der Waals surface area contributed by atoms with Gasteiger partial charge < -0.3 is 15.0 Å². The van der Waals surface area contributed by atoms with Crippen LogP contribution in [0, 0.1) is 0 Å². The third-order valence-corrected chi connectivity index (χ3v) is 2.41. The molecule has 1 unspecified atom stereocenters. The SMILES string of the molecule is CCC(C)Nc1nccc(OCCN(C)C)n1. The summed E-state index contributed by atoms with van der Waals surface area (Å²) in [5.41, 5.74) is 0. The fourth-order valence-corrected chi connectivity index (χ4v) is 1.15. The second-order valence-corrected chi connectivity index (χ2v) is 4.32. The molecule has 0 bridgehead atoms. The van der Waals surface area contributed by atoms with E-state index in [1.807, 2.05) is 14.1 Å². The number of ether oxygens (including phenoxy) is 1. The number of nitrogens with one attached hydrogen (secondary N) is 1. The monoisotopic (exact) mass is 238 g/mol. The standard InChI is InChI=1S/C12H22N4O/c1-5-10(2)14-12-13-7-6-11(15-12)17-9-8-16(3)4/h6-7,10H,5,8-9H2,1-4H3,(H,13,14,15). The molecule has 0 spiro atoms. The molecule has 17 heavy (non-hydrogen) atoms. The quantitative estimate of drug-likeness (QED) is 0.782. The van der Waals surface area contributed by atoms with Crippen molar-refractivity contribution in [3.63, 3.8) is 0 Å². The van der Waals surface area contributed by atoms with Crippen molar-refractivity contribution >= 4 is 5.95 Å². The maximum atomic E-state index is 5.54. The van der Waals surface area contributed by atoms with Gasteiger partial charge in [0.25, 0.3) is 0 Å². The summed E-state index contributed by atoms with van der Waals surface area (Å²) in [6.45, 7) is 5.73. The maximum absolute atomic E-state index is 5.54. The summed E-state index contributed by atoms with van der Waals surface area (Å²) >= 11 is 0. The summed E-state index contributed by atoms with van der Waals surface area (Å²) in [6.07, 6.45) is 2.75. The highest BCUT2D eigenvalue weighted by atomic mass is 16.5. The van der Waals surface area contributed by atoms with Crippen molar-refractivity contribution in [2.75, 3.05) is 32.6 Å². The van der Waals surface area contributed by atoms with Crippen LogP contribution in [0.3, 0.4) is 0 Å². The number of rotatable bonds is 7. The largest absolute Gasteiger partial charge is 0.476 e. The van der Waals surface area contributed by atoms with Crippen molar-refractivity contribution in [3.8, 4) is 5.88 Å². The van der Waals surface area contributed by atoms with E-state index in [0.29, 0.717) is 24.5 Å². The van der Waals surface area contributed by atoms with Crippen molar-refractivity contribution in [2.45, 2.75) is 26.3 Å². The van der Waals surface area contributed by atoms with E-state index in [4.69, 9.17) is 4.74 Å². The minimum atomic E-state index is 0.368. The van der Waals surface area contributed by atoms with Crippen LogP contribution in [0.5, 0.6) is 5.88 Å². The third kappa shape index (κ3) is 5.49. The Morgan fingerprint density at radius 1 is 1.47 bits per heavy atom. The number of likely N-dealkylation sites (N-methyl/N-ethyl adjacent to an activating group) is 1. The van der Waals surface area contributed by atoms with Crippen LogP contribution < -0.4 is 10.1 Å². The molecule has 1 aromatic heterocycles. The number of anilines is 1. The van der Waals surface area contributed by atoms with E-state index in [0.717, 1.165) is 13.0 Å². The van der Waals surface area contributed by atoms with Gasteiger partial charge in [-0.05, 0) is 27.4 Å². The number of hydrogen-bond donors (Lipinski definition) is 1. The van der Waals surface area contributed by atoms with Gasteiger partial charge in [-0.15, -0.1) is 0 Å². The van der Waals surface area contributed by atoms with Crippen LogP contribution in [0.1, 0.15) is 20.3 Å². The first-order chi connectivity index (χ1) is 8.11. The summed E-state index contributed by atoms with van der Waals surface area (Å²) in [7, 11) is 4.03. The lowest BCUT2D eigenvalue weighted by molar-refractivity contribution is 0.254. The minimum Gasteiger partial charge on any atom is -0.476 e. The second-order valence-electron chi connectivity index (χ2n) is 4.32. The molecule has 0 aromatic carbocycles. The first kappa shape index (κ1) is 13.7. The topological polar surface area (TPSA) is 50.3 Å². The number of nitrogens with zero attached hydrogens (tertiary/aromatic N) is 3. The predicted octanol–water partition coefficient (Wildman–Crippen LogP) is 1.63. The van der Waals surface area contributed by atoms with Gasteiger partial charge in [0.05, 0.1) is 0 Å². The zero-order valence-corrected chi connectivity index (χ0v) is 11.1. The van der Waals surface area contributed by atoms with Gasteiger partial charge in [-0.3, -0.25) is 0 Å². The Kier molecular flexibility index (Phi) is 5.69. The molecule has 5 nitrogen and oxygen atoms in total. The lowest BCUT2D eigenvalue weighted by Gasteiger charge is -2.13. The molecule has 0 aliphatic rings. The Labute approximate surface area is 103 Å². The van der Waals surface area contributed by atoms with Gasteiger partial charge >= 0.3 is 0 Å². The van der Waals surface area contributed by atoms with Crippen molar-refractivity contribution < 1.29 is 4.74 Å². The molecule has 5 heteroatoms. The molecular formula is C12H22N4O. The van der Waals surface area contributed by atoms with Gasteiger partial charge in [0.15, 0.2) is 0 Å². The molecular weight excluding hydrogens is 216 g/mol. The Morgan fingerprint density at radius 2 is 2.24 bits per heavy atom. The highest BCUT2D eigenvalue weighted by molar-refractivity contribution is 5.28. The lowest BCUT2D eigenvalue weighted by atomic mass is 10.3.